The topological polar surface area (TPSA) is 38.3 Å². The van der Waals surface area contributed by atoms with E-state index < -0.39 is 4.33 Å². The summed E-state index contributed by atoms with van der Waals surface area (Å²) in [7, 11) is 1.57. The molecular weight excluding hydrogens is 273 g/mol. The third kappa shape index (κ3) is 2.57. The summed E-state index contributed by atoms with van der Waals surface area (Å²) in [6.07, 6.45) is 0.696. The second-order valence-corrected chi connectivity index (χ2v) is 6.34. The zero-order chi connectivity index (χ0) is 13.4. The molecule has 1 fully saturated rings. The molecule has 0 spiro atoms. The van der Waals surface area contributed by atoms with E-state index in [-0.39, 0.29) is 11.3 Å². The minimum atomic E-state index is -0.714. The van der Waals surface area contributed by atoms with Crippen molar-refractivity contribution in [2.45, 2.75) is 17.7 Å². The molecule has 98 valence electrons. The quantitative estimate of drug-likeness (QED) is 0.865. The first-order valence-electron chi connectivity index (χ1n) is 5.68. The average Bonchev–Trinajstić information content (AvgIpc) is 2.86. The molecule has 0 radical (unpaired) electrons. The normalized spacial score (nSPS) is 24.4. The summed E-state index contributed by atoms with van der Waals surface area (Å²) >= 11 is 12.0. The number of amides is 1. The van der Waals surface area contributed by atoms with Crippen LogP contribution in [0.1, 0.15) is 23.7 Å². The van der Waals surface area contributed by atoms with Gasteiger partial charge in [0.25, 0.3) is 5.91 Å². The van der Waals surface area contributed by atoms with Gasteiger partial charge in [0.15, 0.2) is 0 Å². The smallest absolute Gasteiger partial charge is 0.251 e. The molecule has 1 atom stereocenters. The zero-order valence-corrected chi connectivity index (χ0v) is 11.8. The van der Waals surface area contributed by atoms with Gasteiger partial charge in [-0.05, 0) is 24.6 Å². The predicted molar refractivity (Wildman–Crippen MR) is 72.5 cm³/mol. The van der Waals surface area contributed by atoms with Crippen molar-refractivity contribution < 1.29 is 9.53 Å². The lowest BCUT2D eigenvalue weighted by Gasteiger charge is -2.13. The van der Waals surface area contributed by atoms with Crippen molar-refractivity contribution in [3.63, 3.8) is 0 Å². The molecular formula is C13H15Cl2NO2. The Hall–Kier alpha value is -0.930. The van der Waals surface area contributed by atoms with Crippen LogP contribution in [0.25, 0.3) is 0 Å². The van der Waals surface area contributed by atoms with E-state index >= 15 is 0 Å². The Balaban J connectivity index is 1.96. The van der Waals surface area contributed by atoms with Crippen LogP contribution in [-0.2, 0) is 0 Å². The Bertz CT molecular complexity index is 476. The Labute approximate surface area is 116 Å². The van der Waals surface area contributed by atoms with Crippen molar-refractivity contribution in [3.05, 3.63) is 29.8 Å². The first-order valence-corrected chi connectivity index (χ1v) is 6.44. The van der Waals surface area contributed by atoms with E-state index in [4.69, 9.17) is 27.9 Å². The van der Waals surface area contributed by atoms with Crippen molar-refractivity contribution in [2.75, 3.05) is 13.7 Å². The fraction of sp³-hybridized carbons (Fsp3) is 0.462. The number of carbonyl (C=O) groups excluding carboxylic acids is 1. The highest BCUT2D eigenvalue weighted by molar-refractivity contribution is 6.51. The Morgan fingerprint density at radius 1 is 1.50 bits per heavy atom. The first-order chi connectivity index (χ1) is 8.38. The number of rotatable bonds is 4. The Kier molecular flexibility index (Phi) is 3.47. The molecule has 1 saturated carbocycles. The fourth-order valence-corrected chi connectivity index (χ4v) is 2.50. The molecule has 0 aromatic heterocycles. The maximum atomic E-state index is 11.9. The van der Waals surface area contributed by atoms with Crippen LogP contribution in [0, 0.1) is 5.41 Å². The largest absolute Gasteiger partial charge is 0.497 e. The van der Waals surface area contributed by atoms with E-state index in [0.717, 1.165) is 0 Å². The van der Waals surface area contributed by atoms with Gasteiger partial charge in [-0.2, -0.15) is 0 Å². The van der Waals surface area contributed by atoms with Gasteiger partial charge >= 0.3 is 0 Å². The zero-order valence-electron chi connectivity index (χ0n) is 10.3. The van der Waals surface area contributed by atoms with E-state index in [1.807, 2.05) is 6.92 Å². The van der Waals surface area contributed by atoms with Gasteiger partial charge in [0.05, 0.1) is 7.11 Å². The number of hydrogen-bond donors (Lipinski definition) is 1. The molecule has 3 nitrogen and oxygen atoms in total. The summed E-state index contributed by atoms with van der Waals surface area (Å²) in [6, 6.07) is 7.00. The Morgan fingerprint density at radius 3 is 2.72 bits per heavy atom. The number of hydrogen-bond acceptors (Lipinski definition) is 2. The first kappa shape index (κ1) is 13.5. The molecule has 1 N–H and O–H groups in total. The van der Waals surface area contributed by atoms with Crippen molar-refractivity contribution in [2.24, 2.45) is 5.41 Å². The van der Waals surface area contributed by atoms with Gasteiger partial charge in [-0.25, -0.2) is 0 Å². The highest BCUT2D eigenvalue weighted by Crippen LogP contribution is 2.63. The van der Waals surface area contributed by atoms with Crippen molar-refractivity contribution in [1.29, 1.82) is 0 Å². The summed E-state index contributed by atoms with van der Waals surface area (Å²) in [6.45, 7) is 2.43. The third-order valence-corrected chi connectivity index (χ3v) is 4.52. The summed E-state index contributed by atoms with van der Waals surface area (Å²) in [5, 5.41) is 2.84. The van der Waals surface area contributed by atoms with Gasteiger partial charge in [0, 0.05) is 17.5 Å². The maximum Gasteiger partial charge on any atom is 0.251 e. The molecule has 0 saturated heterocycles. The minimum Gasteiger partial charge on any atom is -0.497 e. The van der Waals surface area contributed by atoms with Crippen molar-refractivity contribution >= 4 is 29.1 Å². The second-order valence-electron chi connectivity index (χ2n) is 4.86. The molecule has 1 amide bonds. The van der Waals surface area contributed by atoms with Gasteiger partial charge in [-0.15, -0.1) is 23.2 Å². The van der Waals surface area contributed by atoms with Crippen LogP contribution in [0.5, 0.6) is 5.75 Å². The van der Waals surface area contributed by atoms with Gasteiger partial charge in [-0.1, -0.05) is 13.0 Å². The minimum absolute atomic E-state index is 0.147. The summed E-state index contributed by atoms with van der Waals surface area (Å²) in [5.74, 6) is 0.510. The summed E-state index contributed by atoms with van der Waals surface area (Å²) in [5.41, 5.74) is 0.332. The molecule has 0 bridgehead atoms. The molecule has 0 unspecified atom stereocenters. The van der Waals surface area contributed by atoms with Crippen molar-refractivity contribution in [1.82, 2.24) is 5.32 Å². The number of nitrogens with one attached hydrogen (secondary N) is 1. The lowest BCUT2D eigenvalue weighted by atomic mass is 10.1. The molecule has 5 heteroatoms. The number of methoxy groups -OCH3 is 1. The van der Waals surface area contributed by atoms with Crippen LogP contribution in [0.3, 0.4) is 0 Å². The molecule has 2 rings (SSSR count). The summed E-state index contributed by atoms with van der Waals surface area (Å²) < 4.78 is 4.36. The molecule has 1 aliphatic rings. The van der Waals surface area contributed by atoms with Gasteiger partial charge < -0.3 is 10.1 Å². The van der Waals surface area contributed by atoms with Crippen molar-refractivity contribution in [3.8, 4) is 5.75 Å². The fourth-order valence-electron chi connectivity index (χ4n) is 1.78. The van der Waals surface area contributed by atoms with Gasteiger partial charge in [0.2, 0.25) is 0 Å². The van der Waals surface area contributed by atoms with Crippen LogP contribution < -0.4 is 10.1 Å². The molecule has 1 aromatic carbocycles. The average molecular weight is 288 g/mol. The molecule has 1 aliphatic carbocycles. The van der Waals surface area contributed by atoms with Gasteiger partial charge in [-0.3, -0.25) is 4.79 Å². The number of ether oxygens (including phenoxy) is 1. The van der Waals surface area contributed by atoms with Crippen LogP contribution in [0.4, 0.5) is 0 Å². The number of halogens is 2. The number of carbonyl (C=O) groups is 1. The van der Waals surface area contributed by atoms with E-state index in [2.05, 4.69) is 5.32 Å². The number of benzene rings is 1. The van der Waals surface area contributed by atoms with E-state index in [1.54, 1.807) is 31.4 Å². The van der Waals surface area contributed by atoms with E-state index in [0.29, 0.717) is 24.3 Å². The lowest BCUT2D eigenvalue weighted by molar-refractivity contribution is 0.0945. The van der Waals surface area contributed by atoms with Crippen LogP contribution >= 0.6 is 23.2 Å². The highest BCUT2D eigenvalue weighted by atomic mass is 35.5. The molecule has 18 heavy (non-hydrogen) atoms. The lowest BCUT2D eigenvalue weighted by Crippen LogP contribution is -2.31. The second kappa shape index (κ2) is 4.63. The van der Waals surface area contributed by atoms with E-state index in [9.17, 15) is 4.79 Å². The number of alkyl halides is 2. The Morgan fingerprint density at radius 2 is 2.17 bits per heavy atom. The van der Waals surface area contributed by atoms with Gasteiger partial charge in [0.1, 0.15) is 10.1 Å². The predicted octanol–water partition coefficient (Wildman–Crippen LogP) is 3.01. The van der Waals surface area contributed by atoms with Crippen LogP contribution in [0.15, 0.2) is 24.3 Å². The maximum absolute atomic E-state index is 11.9. The van der Waals surface area contributed by atoms with Crippen LogP contribution in [0.2, 0.25) is 0 Å². The molecule has 0 aliphatic heterocycles. The summed E-state index contributed by atoms with van der Waals surface area (Å²) in [4.78, 5) is 11.9. The third-order valence-electron chi connectivity index (χ3n) is 3.34. The van der Waals surface area contributed by atoms with E-state index in [1.165, 1.54) is 0 Å². The monoisotopic (exact) mass is 287 g/mol. The SMILES string of the molecule is COc1cccc(C(=O)NC[C@@]2(C)CC2(Cl)Cl)c1. The molecule has 0 heterocycles. The highest BCUT2D eigenvalue weighted by Gasteiger charge is 2.62. The standard InChI is InChI=1S/C13H15Cl2NO2/c1-12(7-13(12,14)15)8-16-11(17)9-4-3-5-10(6-9)18-2/h3-6H,7-8H2,1-2H3,(H,16,17)/t12-/m1/s1. The van der Waals surface area contributed by atoms with Crippen LogP contribution in [-0.4, -0.2) is 23.9 Å². The molecule has 1 aromatic rings.